The van der Waals surface area contributed by atoms with Gasteiger partial charge in [0.15, 0.2) is 9.84 Å². The molecule has 1 aromatic heterocycles. The Morgan fingerprint density at radius 1 is 1.58 bits per heavy atom. The first-order chi connectivity index (χ1) is 5.57. The van der Waals surface area contributed by atoms with Crippen molar-refractivity contribution in [3.63, 3.8) is 0 Å². The summed E-state index contributed by atoms with van der Waals surface area (Å²) in [5, 5.41) is 4.01. The molecule has 1 aliphatic rings. The quantitative estimate of drug-likeness (QED) is 0.735. The SMILES string of the molecule is O=S1(=O)CC(n2cc(Br)cn2)C1. The molecular weight excluding hydrogens is 244 g/mol. The Balaban J connectivity index is 2.15. The summed E-state index contributed by atoms with van der Waals surface area (Å²) in [5.74, 6) is 0.447. The van der Waals surface area contributed by atoms with Crippen LogP contribution in [0.15, 0.2) is 16.9 Å². The molecule has 0 radical (unpaired) electrons. The lowest BCUT2D eigenvalue weighted by atomic mass is 10.4. The zero-order valence-corrected chi connectivity index (χ0v) is 8.55. The molecule has 0 saturated carbocycles. The van der Waals surface area contributed by atoms with Gasteiger partial charge in [0.1, 0.15) is 0 Å². The van der Waals surface area contributed by atoms with Gasteiger partial charge in [-0.25, -0.2) is 8.42 Å². The molecule has 0 atom stereocenters. The third-order valence-corrected chi connectivity index (χ3v) is 4.03. The van der Waals surface area contributed by atoms with Crippen LogP contribution in [0.1, 0.15) is 6.04 Å². The van der Waals surface area contributed by atoms with Crippen LogP contribution in [0.3, 0.4) is 0 Å². The summed E-state index contributed by atoms with van der Waals surface area (Å²) in [6.45, 7) is 0. The number of rotatable bonds is 1. The average molecular weight is 251 g/mol. The molecule has 12 heavy (non-hydrogen) atoms. The number of nitrogens with zero attached hydrogens (tertiary/aromatic N) is 2. The molecule has 1 aliphatic heterocycles. The molecule has 1 aromatic rings. The van der Waals surface area contributed by atoms with Crippen molar-refractivity contribution in [3.05, 3.63) is 16.9 Å². The van der Waals surface area contributed by atoms with E-state index < -0.39 is 9.84 Å². The van der Waals surface area contributed by atoms with E-state index in [-0.39, 0.29) is 17.5 Å². The summed E-state index contributed by atoms with van der Waals surface area (Å²) < 4.78 is 24.2. The van der Waals surface area contributed by atoms with Gasteiger partial charge in [0.25, 0.3) is 0 Å². The van der Waals surface area contributed by atoms with Gasteiger partial charge in [-0.1, -0.05) is 0 Å². The normalized spacial score (nSPS) is 22.1. The highest BCUT2D eigenvalue weighted by molar-refractivity contribution is 9.10. The van der Waals surface area contributed by atoms with Crippen LogP contribution < -0.4 is 0 Å². The molecule has 0 aromatic carbocycles. The van der Waals surface area contributed by atoms with E-state index in [2.05, 4.69) is 21.0 Å². The Hall–Kier alpha value is -0.360. The van der Waals surface area contributed by atoms with Crippen LogP contribution in [0.4, 0.5) is 0 Å². The van der Waals surface area contributed by atoms with Gasteiger partial charge in [-0.3, -0.25) is 4.68 Å². The van der Waals surface area contributed by atoms with Crippen LogP contribution in [0.2, 0.25) is 0 Å². The summed E-state index contributed by atoms with van der Waals surface area (Å²) in [7, 11) is -2.75. The lowest BCUT2D eigenvalue weighted by Gasteiger charge is -2.25. The first kappa shape index (κ1) is 8.25. The minimum atomic E-state index is -2.75. The monoisotopic (exact) mass is 250 g/mol. The molecule has 1 saturated heterocycles. The van der Waals surface area contributed by atoms with E-state index in [1.165, 1.54) is 0 Å². The Labute approximate surface area is 78.6 Å². The fraction of sp³-hybridized carbons (Fsp3) is 0.500. The van der Waals surface area contributed by atoms with Gasteiger partial charge in [-0.15, -0.1) is 0 Å². The smallest absolute Gasteiger partial charge is 0.154 e. The predicted octanol–water partition coefficient (Wildman–Crippen LogP) is 0.615. The molecule has 2 rings (SSSR count). The standard InChI is InChI=1S/C6H7BrN2O2S/c7-5-1-8-9(2-5)6-3-12(10,11)4-6/h1-2,6H,3-4H2. The third kappa shape index (κ3) is 1.40. The van der Waals surface area contributed by atoms with Crippen molar-refractivity contribution in [2.75, 3.05) is 11.5 Å². The summed E-state index contributed by atoms with van der Waals surface area (Å²) in [5.41, 5.74) is 0. The maximum Gasteiger partial charge on any atom is 0.154 e. The largest absolute Gasteiger partial charge is 0.266 e. The molecule has 1 fully saturated rings. The predicted molar refractivity (Wildman–Crippen MR) is 47.6 cm³/mol. The van der Waals surface area contributed by atoms with Gasteiger partial charge in [-0.2, -0.15) is 5.10 Å². The Kier molecular flexibility index (Phi) is 1.76. The van der Waals surface area contributed by atoms with Crippen molar-refractivity contribution in [3.8, 4) is 0 Å². The summed E-state index contributed by atoms with van der Waals surface area (Å²) >= 11 is 3.25. The van der Waals surface area contributed by atoms with Crippen LogP contribution in [0, 0.1) is 0 Å². The highest BCUT2D eigenvalue weighted by Gasteiger charge is 2.35. The number of aromatic nitrogens is 2. The van der Waals surface area contributed by atoms with Crippen LogP contribution in [-0.2, 0) is 9.84 Å². The van der Waals surface area contributed by atoms with Gasteiger partial charge >= 0.3 is 0 Å². The van der Waals surface area contributed by atoms with Crippen molar-refractivity contribution in [1.82, 2.24) is 9.78 Å². The van der Waals surface area contributed by atoms with Crippen LogP contribution in [-0.4, -0.2) is 29.7 Å². The summed E-state index contributed by atoms with van der Waals surface area (Å²) in [6, 6.07) is 0.0429. The van der Waals surface area contributed by atoms with Crippen LogP contribution in [0.25, 0.3) is 0 Å². The van der Waals surface area contributed by atoms with E-state index in [1.54, 1.807) is 17.1 Å². The maximum atomic E-state index is 10.8. The van der Waals surface area contributed by atoms with Gasteiger partial charge in [-0.05, 0) is 15.9 Å². The van der Waals surface area contributed by atoms with Crippen LogP contribution in [0.5, 0.6) is 0 Å². The topological polar surface area (TPSA) is 52.0 Å². The van der Waals surface area contributed by atoms with Crippen molar-refractivity contribution in [1.29, 1.82) is 0 Å². The fourth-order valence-electron chi connectivity index (χ4n) is 1.20. The fourth-order valence-corrected chi connectivity index (χ4v) is 2.89. The lowest BCUT2D eigenvalue weighted by molar-refractivity contribution is 0.473. The molecule has 0 amide bonds. The molecule has 2 heterocycles. The zero-order valence-electron chi connectivity index (χ0n) is 6.14. The Morgan fingerprint density at radius 3 is 2.67 bits per heavy atom. The molecular formula is C6H7BrN2O2S. The average Bonchev–Trinajstić information content (AvgIpc) is 2.30. The van der Waals surface area contributed by atoms with Crippen molar-refractivity contribution < 1.29 is 8.42 Å². The zero-order chi connectivity index (χ0) is 8.77. The van der Waals surface area contributed by atoms with E-state index in [9.17, 15) is 8.42 Å². The van der Waals surface area contributed by atoms with Gasteiger partial charge in [0.05, 0.1) is 28.2 Å². The third-order valence-electron chi connectivity index (χ3n) is 1.84. The molecule has 0 unspecified atom stereocenters. The number of hydrogen-bond acceptors (Lipinski definition) is 3. The minimum Gasteiger partial charge on any atom is -0.266 e. The molecule has 6 heteroatoms. The van der Waals surface area contributed by atoms with E-state index in [0.717, 1.165) is 4.47 Å². The van der Waals surface area contributed by atoms with E-state index in [4.69, 9.17) is 0 Å². The van der Waals surface area contributed by atoms with Crippen molar-refractivity contribution in [2.24, 2.45) is 0 Å². The minimum absolute atomic E-state index is 0.0429. The second-order valence-corrected chi connectivity index (χ2v) is 5.94. The second-order valence-electron chi connectivity index (χ2n) is 2.87. The summed E-state index contributed by atoms with van der Waals surface area (Å²) in [6.07, 6.45) is 3.45. The van der Waals surface area contributed by atoms with Gasteiger partial charge in [0, 0.05) is 6.20 Å². The second kappa shape index (κ2) is 2.56. The lowest BCUT2D eigenvalue weighted by Crippen LogP contribution is -2.38. The van der Waals surface area contributed by atoms with Gasteiger partial charge < -0.3 is 0 Å². The number of sulfone groups is 1. The molecule has 0 aliphatic carbocycles. The van der Waals surface area contributed by atoms with Crippen molar-refractivity contribution >= 4 is 25.8 Å². The number of hydrogen-bond donors (Lipinski definition) is 0. The molecule has 4 nitrogen and oxygen atoms in total. The molecule has 66 valence electrons. The molecule has 0 N–H and O–H groups in total. The summed E-state index contributed by atoms with van der Waals surface area (Å²) in [4.78, 5) is 0. The van der Waals surface area contributed by atoms with Crippen LogP contribution >= 0.6 is 15.9 Å². The van der Waals surface area contributed by atoms with E-state index >= 15 is 0 Å². The first-order valence-corrected chi connectivity index (χ1v) is 6.08. The van der Waals surface area contributed by atoms with Crippen molar-refractivity contribution in [2.45, 2.75) is 6.04 Å². The van der Waals surface area contributed by atoms with E-state index in [1.807, 2.05) is 0 Å². The van der Waals surface area contributed by atoms with E-state index in [0.29, 0.717) is 0 Å². The molecule has 0 bridgehead atoms. The molecule has 0 spiro atoms. The first-order valence-electron chi connectivity index (χ1n) is 3.47. The maximum absolute atomic E-state index is 10.8. The Morgan fingerprint density at radius 2 is 2.25 bits per heavy atom. The highest BCUT2D eigenvalue weighted by atomic mass is 79.9. The Bertz CT molecular complexity index is 385. The number of halogens is 1. The van der Waals surface area contributed by atoms with Gasteiger partial charge in [0.2, 0.25) is 0 Å². The highest BCUT2D eigenvalue weighted by Crippen LogP contribution is 2.23.